The molecule has 0 saturated heterocycles. The zero-order valence-electron chi connectivity index (χ0n) is 10.7. The van der Waals surface area contributed by atoms with Crippen molar-refractivity contribution in [3.05, 3.63) is 54.1 Å². The summed E-state index contributed by atoms with van der Waals surface area (Å²) >= 11 is 0. The van der Waals surface area contributed by atoms with Gasteiger partial charge in [0.15, 0.2) is 0 Å². The lowest BCUT2D eigenvalue weighted by Crippen LogP contribution is -1.84. The average molecular weight is 239 g/mol. The Bertz CT molecular complexity index is 525. The lowest BCUT2D eigenvalue weighted by molar-refractivity contribution is 0.866. The van der Waals surface area contributed by atoms with Gasteiger partial charge in [-0.3, -0.25) is 0 Å². The van der Waals surface area contributed by atoms with Crippen molar-refractivity contribution in [1.29, 1.82) is 0 Å². The molecule has 2 aromatic rings. The zero-order chi connectivity index (χ0) is 13.0. The van der Waals surface area contributed by atoms with Crippen molar-refractivity contribution in [2.24, 2.45) is 10.2 Å². The average Bonchev–Trinajstić information content (AvgIpc) is 2.38. The van der Waals surface area contributed by atoms with Crippen LogP contribution in [-0.4, -0.2) is 0 Å². The smallest absolute Gasteiger partial charge is 0.0858 e. The van der Waals surface area contributed by atoms with Crippen LogP contribution in [0.5, 0.6) is 0 Å². The van der Waals surface area contributed by atoms with Crippen molar-refractivity contribution in [2.75, 3.05) is 5.73 Å². The normalized spacial score (nSPS) is 11.3. The lowest BCUT2D eigenvalue weighted by atomic mass is 10.0. The molecule has 0 unspecified atom stereocenters. The van der Waals surface area contributed by atoms with Crippen LogP contribution < -0.4 is 5.73 Å². The van der Waals surface area contributed by atoms with Gasteiger partial charge in [-0.25, -0.2) is 0 Å². The maximum absolute atomic E-state index is 5.61. The lowest BCUT2D eigenvalue weighted by Gasteiger charge is -2.03. The molecule has 0 bridgehead atoms. The molecule has 0 aromatic heterocycles. The van der Waals surface area contributed by atoms with Crippen LogP contribution in [-0.2, 0) is 0 Å². The van der Waals surface area contributed by atoms with Crippen LogP contribution in [0.3, 0.4) is 0 Å². The van der Waals surface area contributed by atoms with E-state index in [1.54, 1.807) is 0 Å². The van der Waals surface area contributed by atoms with E-state index in [0.29, 0.717) is 5.92 Å². The van der Waals surface area contributed by atoms with Crippen LogP contribution in [0.2, 0.25) is 0 Å². The van der Waals surface area contributed by atoms with Crippen molar-refractivity contribution in [2.45, 2.75) is 19.8 Å². The third kappa shape index (κ3) is 3.17. The van der Waals surface area contributed by atoms with Crippen LogP contribution in [0.25, 0.3) is 0 Å². The highest BCUT2D eigenvalue weighted by Gasteiger charge is 1.98. The Morgan fingerprint density at radius 3 is 1.67 bits per heavy atom. The van der Waals surface area contributed by atoms with Crippen molar-refractivity contribution in [1.82, 2.24) is 0 Å². The quantitative estimate of drug-likeness (QED) is 0.606. The predicted molar refractivity (Wildman–Crippen MR) is 75.6 cm³/mol. The molecule has 0 atom stereocenters. The van der Waals surface area contributed by atoms with Gasteiger partial charge in [-0.2, -0.15) is 10.2 Å². The van der Waals surface area contributed by atoms with E-state index < -0.39 is 0 Å². The fourth-order valence-corrected chi connectivity index (χ4v) is 1.58. The van der Waals surface area contributed by atoms with Gasteiger partial charge in [-0.1, -0.05) is 26.0 Å². The van der Waals surface area contributed by atoms with Crippen LogP contribution in [0.15, 0.2) is 58.8 Å². The van der Waals surface area contributed by atoms with Crippen molar-refractivity contribution >= 4 is 17.1 Å². The van der Waals surface area contributed by atoms with Crippen molar-refractivity contribution in [3.63, 3.8) is 0 Å². The van der Waals surface area contributed by atoms with Crippen molar-refractivity contribution < 1.29 is 0 Å². The molecular weight excluding hydrogens is 222 g/mol. The van der Waals surface area contributed by atoms with Crippen LogP contribution in [0.4, 0.5) is 17.1 Å². The molecular formula is C15H17N3. The predicted octanol–water partition coefficient (Wildman–Crippen LogP) is 4.81. The van der Waals surface area contributed by atoms with Gasteiger partial charge in [-0.15, -0.1) is 0 Å². The second-order valence-corrected chi connectivity index (χ2v) is 4.54. The molecule has 0 fully saturated rings. The van der Waals surface area contributed by atoms with Gasteiger partial charge < -0.3 is 5.73 Å². The molecule has 3 heteroatoms. The number of anilines is 1. The van der Waals surface area contributed by atoms with E-state index in [0.717, 1.165) is 17.1 Å². The monoisotopic (exact) mass is 239 g/mol. The van der Waals surface area contributed by atoms with E-state index in [2.05, 4.69) is 36.2 Å². The largest absolute Gasteiger partial charge is 0.399 e. The van der Waals surface area contributed by atoms with Gasteiger partial charge >= 0.3 is 0 Å². The van der Waals surface area contributed by atoms with E-state index in [9.17, 15) is 0 Å². The Labute approximate surface area is 107 Å². The summed E-state index contributed by atoms with van der Waals surface area (Å²) in [6.45, 7) is 4.34. The number of hydrogen-bond acceptors (Lipinski definition) is 3. The minimum atomic E-state index is 0.535. The number of rotatable bonds is 3. The molecule has 0 aliphatic rings. The number of azo groups is 1. The summed E-state index contributed by atoms with van der Waals surface area (Å²) in [5, 5.41) is 8.35. The summed E-state index contributed by atoms with van der Waals surface area (Å²) in [7, 11) is 0. The summed E-state index contributed by atoms with van der Waals surface area (Å²) in [4.78, 5) is 0. The Morgan fingerprint density at radius 1 is 0.778 bits per heavy atom. The first-order valence-corrected chi connectivity index (χ1v) is 6.02. The number of nitrogens with zero attached hydrogens (tertiary/aromatic N) is 2. The Balaban J connectivity index is 2.11. The third-order valence-corrected chi connectivity index (χ3v) is 2.73. The van der Waals surface area contributed by atoms with E-state index in [1.807, 2.05) is 36.4 Å². The van der Waals surface area contributed by atoms with Gasteiger partial charge in [0.05, 0.1) is 11.4 Å². The van der Waals surface area contributed by atoms with Gasteiger partial charge in [0.2, 0.25) is 0 Å². The highest BCUT2D eigenvalue weighted by atomic mass is 15.1. The summed E-state index contributed by atoms with van der Waals surface area (Å²) in [5.74, 6) is 0.535. The Kier molecular flexibility index (Phi) is 3.72. The molecule has 92 valence electrons. The first-order valence-electron chi connectivity index (χ1n) is 6.02. The molecule has 3 nitrogen and oxygen atoms in total. The topological polar surface area (TPSA) is 50.7 Å². The molecule has 2 rings (SSSR count). The van der Waals surface area contributed by atoms with Gasteiger partial charge in [0, 0.05) is 5.69 Å². The SMILES string of the molecule is CC(C)c1ccc(N=Nc2ccc(N)cc2)cc1. The fraction of sp³-hybridized carbons (Fsp3) is 0.200. The minimum Gasteiger partial charge on any atom is -0.399 e. The number of benzene rings is 2. The Hall–Kier alpha value is -2.16. The molecule has 0 aliphatic heterocycles. The number of nitrogens with two attached hydrogens (primary N) is 1. The second kappa shape index (κ2) is 5.45. The van der Waals surface area contributed by atoms with Gasteiger partial charge in [0.25, 0.3) is 0 Å². The molecule has 0 aliphatic carbocycles. The second-order valence-electron chi connectivity index (χ2n) is 4.54. The van der Waals surface area contributed by atoms with Crippen LogP contribution >= 0.6 is 0 Å². The van der Waals surface area contributed by atoms with Crippen LogP contribution in [0.1, 0.15) is 25.3 Å². The molecule has 2 N–H and O–H groups in total. The Morgan fingerprint density at radius 2 is 1.22 bits per heavy atom. The maximum atomic E-state index is 5.61. The zero-order valence-corrected chi connectivity index (χ0v) is 10.7. The molecule has 0 heterocycles. The molecule has 18 heavy (non-hydrogen) atoms. The molecule has 0 radical (unpaired) electrons. The number of hydrogen-bond donors (Lipinski definition) is 1. The minimum absolute atomic E-state index is 0.535. The maximum Gasteiger partial charge on any atom is 0.0858 e. The van der Waals surface area contributed by atoms with E-state index in [4.69, 9.17) is 5.73 Å². The van der Waals surface area contributed by atoms with E-state index in [-0.39, 0.29) is 0 Å². The summed E-state index contributed by atoms with van der Waals surface area (Å²) in [6, 6.07) is 15.5. The summed E-state index contributed by atoms with van der Waals surface area (Å²) in [6.07, 6.45) is 0. The van der Waals surface area contributed by atoms with Crippen LogP contribution in [0, 0.1) is 0 Å². The summed E-state index contributed by atoms with van der Waals surface area (Å²) < 4.78 is 0. The third-order valence-electron chi connectivity index (χ3n) is 2.73. The first-order chi connectivity index (χ1) is 8.65. The highest BCUT2D eigenvalue weighted by Crippen LogP contribution is 2.21. The fourth-order valence-electron chi connectivity index (χ4n) is 1.58. The van der Waals surface area contributed by atoms with Gasteiger partial charge in [0.1, 0.15) is 0 Å². The van der Waals surface area contributed by atoms with E-state index in [1.165, 1.54) is 5.56 Å². The molecule has 0 saturated carbocycles. The number of nitrogen functional groups attached to an aromatic ring is 1. The molecule has 2 aromatic carbocycles. The van der Waals surface area contributed by atoms with E-state index >= 15 is 0 Å². The summed E-state index contributed by atoms with van der Waals surface area (Å²) in [5.41, 5.74) is 9.31. The van der Waals surface area contributed by atoms with Crippen molar-refractivity contribution in [3.8, 4) is 0 Å². The molecule has 0 spiro atoms. The van der Waals surface area contributed by atoms with Gasteiger partial charge in [-0.05, 0) is 47.9 Å². The molecule has 0 amide bonds. The standard InChI is InChI=1S/C15H17N3/c1-11(2)12-3-7-14(8-4-12)17-18-15-9-5-13(16)6-10-15/h3-11H,16H2,1-2H3. The first kappa shape index (κ1) is 12.3. The highest BCUT2D eigenvalue weighted by molar-refractivity contribution is 5.48.